The number of H-pyrrole nitrogens is 1. The van der Waals surface area contributed by atoms with Crippen molar-refractivity contribution in [2.75, 3.05) is 13.6 Å². The summed E-state index contributed by atoms with van der Waals surface area (Å²) in [6.45, 7) is 8.85. The van der Waals surface area contributed by atoms with Gasteiger partial charge in [-0.2, -0.15) is 0 Å². The molecule has 132 valence electrons. The molecule has 25 heavy (non-hydrogen) atoms. The number of fused-ring (bicyclic) bond motifs is 1. The Labute approximate surface area is 148 Å². The Morgan fingerprint density at radius 2 is 1.84 bits per heavy atom. The van der Waals surface area contributed by atoms with Gasteiger partial charge >= 0.3 is 7.12 Å². The van der Waals surface area contributed by atoms with Gasteiger partial charge in [0.05, 0.1) is 11.2 Å². The standard InChI is InChI=1S/C19H25BN2O3/c1-18(2)19(3,4)25-20(24-18)16(12-21-5)9-13-6-7-14-11-22-17(23)10-15(14)8-13/h6-11,21H,12H2,1-5H3,(H,22,23). The minimum atomic E-state index is -0.396. The number of nitrogens with one attached hydrogen (secondary N) is 2. The summed E-state index contributed by atoms with van der Waals surface area (Å²) in [5.74, 6) is 0. The van der Waals surface area contributed by atoms with Crippen molar-refractivity contribution in [1.29, 1.82) is 0 Å². The third-order valence-electron chi connectivity index (χ3n) is 5.06. The van der Waals surface area contributed by atoms with E-state index in [0.717, 1.165) is 21.8 Å². The maximum absolute atomic E-state index is 11.6. The molecule has 0 amide bonds. The molecule has 0 spiro atoms. The summed E-state index contributed by atoms with van der Waals surface area (Å²) >= 11 is 0. The second kappa shape index (κ2) is 6.44. The molecule has 1 saturated heterocycles. The summed E-state index contributed by atoms with van der Waals surface area (Å²) in [4.78, 5) is 14.2. The fourth-order valence-electron chi connectivity index (χ4n) is 2.89. The van der Waals surface area contributed by atoms with Crippen LogP contribution in [0.15, 0.2) is 40.7 Å². The topological polar surface area (TPSA) is 63.4 Å². The first kappa shape index (κ1) is 17.9. The molecule has 3 rings (SSSR count). The zero-order chi connectivity index (χ0) is 18.2. The van der Waals surface area contributed by atoms with Gasteiger partial charge < -0.3 is 19.6 Å². The highest BCUT2D eigenvalue weighted by atomic mass is 16.7. The summed E-state index contributed by atoms with van der Waals surface area (Å²) in [5.41, 5.74) is 1.18. The molecule has 6 heteroatoms. The van der Waals surface area contributed by atoms with E-state index in [4.69, 9.17) is 9.31 Å². The molecule has 1 fully saturated rings. The first-order valence-electron chi connectivity index (χ1n) is 8.55. The van der Waals surface area contributed by atoms with E-state index < -0.39 is 7.12 Å². The van der Waals surface area contributed by atoms with Crippen molar-refractivity contribution in [2.45, 2.75) is 38.9 Å². The second-order valence-corrected chi connectivity index (χ2v) is 7.52. The van der Waals surface area contributed by atoms with Gasteiger partial charge in [0.1, 0.15) is 0 Å². The van der Waals surface area contributed by atoms with Crippen molar-refractivity contribution >= 4 is 24.0 Å². The molecule has 2 heterocycles. The van der Waals surface area contributed by atoms with Gasteiger partial charge in [-0.05, 0) is 62.6 Å². The molecule has 0 bridgehead atoms. The van der Waals surface area contributed by atoms with E-state index in [9.17, 15) is 4.79 Å². The van der Waals surface area contributed by atoms with Crippen molar-refractivity contribution in [1.82, 2.24) is 10.3 Å². The summed E-state index contributed by atoms with van der Waals surface area (Å²) in [6, 6.07) is 7.64. The van der Waals surface area contributed by atoms with Crippen LogP contribution in [0.1, 0.15) is 33.3 Å². The largest absolute Gasteiger partial charge is 0.491 e. The van der Waals surface area contributed by atoms with Crippen molar-refractivity contribution < 1.29 is 9.31 Å². The van der Waals surface area contributed by atoms with Gasteiger partial charge in [-0.3, -0.25) is 4.79 Å². The molecule has 0 radical (unpaired) electrons. The van der Waals surface area contributed by atoms with E-state index in [1.807, 2.05) is 52.9 Å². The predicted molar refractivity (Wildman–Crippen MR) is 103 cm³/mol. The number of pyridine rings is 1. The molecule has 0 aliphatic carbocycles. The SMILES string of the molecule is CNCC(=Cc1ccc2c[nH]c(=O)cc2c1)B1OC(C)(C)C(C)(C)O1. The van der Waals surface area contributed by atoms with E-state index in [-0.39, 0.29) is 16.8 Å². The Morgan fingerprint density at radius 3 is 2.48 bits per heavy atom. The number of benzene rings is 1. The van der Waals surface area contributed by atoms with Crippen LogP contribution in [0, 0.1) is 0 Å². The van der Waals surface area contributed by atoms with Crippen LogP contribution in [0.3, 0.4) is 0 Å². The molecule has 0 saturated carbocycles. The van der Waals surface area contributed by atoms with Crippen molar-refractivity contribution in [2.24, 2.45) is 0 Å². The average Bonchev–Trinajstić information content (AvgIpc) is 2.74. The Kier molecular flexibility index (Phi) is 4.62. The molecule has 2 aromatic rings. The first-order valence-corrected chi connectivity index (χ1v) is 8.55. The maximum atomic E-state index is 11.6. The fraction of sp³-hybridized carbons (Fsp3) is 0.421. The number of aromatic amines is 1. The van der Waals surface area contributed by atoms with Gasteiger partial charge in [0, 0.05) is 18.8 Å². The second-order valence-electron chi connectivity index (χ2n) is 7.52. The van der Waals surface area contributed by atoms with Crippen LogP contribution in [0.2, 0.25) is 0 Å². The molecular formula is C19H25BN2O3. The molecule has 1 aliphatic rings. The molecule has 1 aromatic heterocycles. The van der Waals surface area contributed by atoms with E-state index >= 15 is 0 Å². The third-order valence-corrected chi connectivity index (χ3v) is 5.06. The number of rotatable bonds is 4. The van der Waals surface area contributed by atoms with Gasteiger partial charge in [-0.15, -0.1) is 0 Å². The molecule has 1 aliphatic heterocycles. The van der Waals surface area contributed by atoms with E-state index in [2.05, 4.69) is 16.4 Å². The highest BCUT2D eigenvalue weighted by molar-refractivity contribution is 6.55. The molecule has 5 nitrogen and oxygen atoms in total. The van der Waals surface area contributed by atoms with Gasteiger partial charge in [0.2, 0.25) is 5.56 Å². The average molecular weight is 340 g/mol. The van der Waals surface area contributed by atoms with Crippen LogP contribution in [0.25, 0.3) is 16.8 Å². The minimum absolute atomic E-state index is 0.102. The smallest absolute Gasteiger partial charge is 0.400 e. The quantitative estimate of drug-likeness (QED) is 0.840. The molecule has 0 unspecified atom stereocenters. The Morgan fingerprint density at radius 1 is 1.16 bits per heavy atom. The van der Waals surface area contributed by atoms with Gasteiger partial charge in [0.25, 0.3) is 0 Å². The maximum Gasteiger partial charge on any atom is 0.491 e. The highest BCUT2D eigenvalue weighted by Gasteiger charge is 2.52. The summed E-state index contributed by atoms with van der Waals surface area (Å²) < 4.78 is 12.3. The normalized spacial score (nSPS) is 19.6. The third kappa shape index (κ3) is 3.56. The van der Waals surface area contributed by atoms with Gasteiger partial charge in [-0.25, -0.2) is 0 Å². The van der Waals surface area contributed by atoms with Crippen LogP contribution in [-0.4, -0.2) is 36.9 Å². The Bertz CT molecular complexity index is 854. The zero-order valence-electron chi connectivity index (χ0n) is 15.5. The van der Waals surface area contributed by atoms with Gasteiger partial charge in [0.15, 0.2) is 0 Å². The zero-order valence-corrected chi connectivity index (χ0v) is 15.5. The molecule has 1 aromatic carbocycles. The number of hydrogen-bond donors (Lipinski definition) is 2. The molecule has 2 N–H and O–H groups in total. The summed E-state index contributed by atoms with van der Waals surface area (Å²) in [6.07, 6.45) is 3.80. The Balaban J connectivity index is 1.97. The Hall–Kier alpha value is -1.89. The van der Waals surface area contributed by atoms with Crippen molar-refractivity contribution in [3.63, 3.8) is 0 Å². The van der Waals surface area contributed by atoms with Crippen LogP contribution >= 0.6 is 0 Å². The lowest BCUT2D eigenvalue weighted by Crippen LogP contribution is -2.41. The van der Waals surface area contributed by atoms with Crippen LogP contribution in [-0.2, 0) is 9.31 Å². The van der Waals surface area contributed by atoms with E-state index in [0.29, 0.717) is 6.54 Å². The lowest BCUT2D eigenvalue weighted by atomic mass is 9.77. The van der Waals surface area contributed by atoms with Gasteiger partial charge in [-0.1, -0.05) is 18.2 Å². The van der Waals surface area contributed by atoms with Crippen LogP contribution < -0.4 is 10.9 Å². The lowest BCUT2D eigenvalue weighted by molar-refractivity contribution is 0.00578. The molecular weight excluding hydrogens is 315 g/mol. The number of hydrogen-bond acceptors (Lipinski definition) is 4. The summed E-state index contributed by atoms with van der Waals surface area (Å²) in [7, 11) is 1.51. The number of aromatic nitrogens is 1. The first-order chi connectivity index (χ1) is 11.7. The molecule has 0 atom stereocenters. The lowest BCUT2D eigenvalue weighted by Gasteiger charge is -2.32. The predicted octanol–water partition coefficient (Wildman–Crippen LogP) is 2.76. The number of likely N-dealkylation sites (N-methyl/N-ethyl adjacent to an activating group) is 1. The monoisotopic (exact) mass is 340 g/mol. The van der Waals surface area contributed by atoms with E-state index in [1.54, 1.807) is 12.3 Å². The minimum Gasteiger partial charge on any atom is -0.400 e. The fourth-order valence-corrected chi connectivity index (χ4v) is 2.89. The summed E-state index contributed by atoms with van der Waals surface area (Å²) in [5, 5.41) is 5.10. The highest BCUT2D eigenvalue weighted by Crippen LogP contribution is 2.38. The van der Waals surface area contributed by atoms with Crippen LogP contribution in [0.4, 0.5) is 0 Å². The van der Waals surface area contributed by atoms with Crippen molar-refractivity contribution in [3.05, 3.63) is 51.9 Å². The van der Waals surface area contributed by atoms with Crippen LogP contribution in [0.5, 0.6) is 0 Å². The van der Waals surface area contributed by atoms with Crippen molar-refractivity contribution in [3.8, 4) is 0 Å². The van der Waals surface area contributed by atoms with E-state index in [1.165, 1.54) is 0 Å².